The zero-order chi connectivity index (χ0) is 18.4. The average Bonchev–Trinajstić information content (AvgIpc) is 3.13. The standard InChI is InChI=1S/C22H14N2O3/c25-21-20(16-5-1-2-6-18(16)27-22(21)26)15-10-8-14(9-11-15)17-13-24-12-4-3-7-19(24)23-17/h1-13,25H. The van der Waals surface area contributed by atoms with Crippen molar-refractivity contribution in [2.24, 2.45) is 0 Å². The molecule has 0 saturated heterocycles. The maximum absolute atomic E-state index is 12.0. The van der Waals surface area contributed by atoms with E-state index >= 15 is 0 Å². The third-order valence-corrected chi connectivity index (χ3v) is 4.62. The number of hydrogen-bond acceptors (Lipinski definition) is 4. The van der Waals surface area contributed by atoms with Gasteiger partial charge in [-0.15, -0.1) is 0 Å². The molecule has 3 heterocycles. The van der Waals surface area contributed by atoms with Crippen LogP contribution in [-0.2, 0) is 0 Å². The highest BCUT2D eigenvalue weighted by molar-refractivity contribution is 5.96. The molecule has 5 heteroatoms. The lowest BCUT2D eigenvalue weighted by Crippen LogP contribution is -2.00. The summed E-state index contributed by atoms with van der Waals surface area (Å²) in [6.45, 7) is 0. The van der Waals surface area contributed by atoms with Crippen LogP contribution in [0.15, 0.2) is 88.3 Å². The van der Waals surface area contributed by atoms with Crippen molar-refractivity contribution in [1.82, 2.24) is 9.38 Å². The van der Waals surface area contributed by atoms with Crippen LogP contribution in [0, 0.1) is 0 Å². The van der Waals surface area contributed by atoms with Gasteiger partial charge >= 0.3 is 5.63 Å². The van der Waals surface area contributed by atoms with Gasteiger partial charge in [0.05, 0.1) is 5.69 Å². The number of benzene rings is 2. The molecule has 0 spiro atoms. The van der Waals surface area contributed by atoms with Gasteiger partial charge in [0.15, 0.2) is 0 Å². The van der Waals surface area contributed by atoms with E-state index in [1.807, 2.05) is 71.4 Å². The molecule has 5 rings (SSSR count). The molecule has 5 nitrogen and oxygen atoms in total. The van der Waals surface area contributed by atoms with E-state index in [0.717, 1.165) is 22.5 Å². The highest BCUT2D eigenvalue weighted by Crippen LogP contribution is 2.34. The molecule has 0 radical (unpaired) electrons. The van der Waals surface area contributed by atoms with E-state index in [2.05, 4.69) is 4.98 Å². The smallest absolute Gasteiger partial charge is 0.379 e. The molecule has 0 saturated carbocycles. The summed E-state index contributed by atoms with van der Waals surface area (Å²) in [7, 11) is 0. The Bertz CT molecular complexity index is 1310. The lowest BCUT2D eigenvalue weighted by atomic mass is 9.99. The van der Waals surface area contributed by atoms with E-state index in [1.165, 1.54) is 0 Å². The molecule has 0 amide bonds. The second-order valence-electron chi connectivity index (χ2n) is 6.28. The SMILES string of the molecule is O=c1oc2ccccc2c(-c2ccc(-c3cn4ccccc4n3)cc2)c1O. The summed E-state index contributed by atoms with van der Waals surface area (Å²) in [5.41, 5.74) is 3.60. The summed E-state index contributed by atoms with van der Waals surface area (Å²) in [5, 5.41) is 11.0. The summed E-state index contributed by atoms with van der Waals surface area (Å²) >= 11 is 0. The number of imidazole rings is 1. The number of para-hydroxylation sites is 1. The van der Waals surface area contributed by atoms with E-state index in [-0.39, 0.29) is 5.75 Å². The van der Waals surface area contributed by atoms with E-state index in [9.17, 15) is 9.90 Å². The number of hydrogen-bond donors (Lipinski definition) is 1. The molecule has 2 aromatic carbocycles. The van der Waals surface area contributed by atoms with E-state index in [4.69, 9.17) is 4.42 Å². The minimum atomic E-state index is -0.742. The molecular weight excluding hydrogens is 340 g/mol. The van der Waals surface area contributed by atoms with Crippen LogP contribution in [0.4, 0.5) is 0 Å². The highest BCUT2D eigenvalue weighted by atomic mass is 16.4. The van der Waals surface area contributed by atoms with Gasteiger partial charge in [0.2, 0.25) is 5.75 Å². The highest BCUT2D eigenvalue weighted by Gasteiger charge is 2.15. The molecular formula is C22H14N2O3. The van der Waals surface area contributed by atoms with Gasteiger partial charge in [-0.25, -0.2) is 9.78 Å². The van der Waals surface area contributed by atoms with Gasteiger partial charge in [-0.2, -0.15) is 0 Å². The molecule has 5 aromatic rings. The lowest BCUT2D eigenvalue weighted by molar-refractivity contribution is 0.430. The molecule has 130 valence electrons. The van der Waals surface area contributed by atoms with Gasteiger partial charge in [0.1, 0.15) is 11.2 Å². The second kappa shape index (κ2) is 5.85. The number of aromatic hydroxyl groups is 1. The number of nitrogens with zero attached hydrogens (tertiary/aromatic N) is 2. The Kier molecular flexibility index (Phi) is 3.33. The predicted octanol–water partition coefficient (Wildman–Crippen LogP) is 4.48. The largest absolute Gasteiger partial charge is 0.501 e. The minimum Gasteiger partial charge on any atom is -0.501 e. The van der Waals surface area contributed by atoms with E-state index < -0.39 is 5.63 Å². The van der Waals surface area contributed by atoms with Crippen molar-refractivity contribution in [3.05, 3.63) is 89.5 Å². The summed E-state index contributed by atoms with van der Waals surface area (Å²) in [5.74, 6) is -0.380. The Labute approximate surface area is 153 Å². The molecule has 0 unspecified atom stereocenters. The zero-order valence-corrected chi connectivity index (χ0v) is 14.2. The van der Waals surface area contributed by atoms with Crippen molar-refractivity contribution in [3.8, 4) is 28.1 Å². The van der Waals surface area contributed by atoms with Crippen LogP contribution in [-0.4, -0.2) is 14.5 Å². The normalized spacial score (nSPS) is 11.3. The molecule has 0 aliphatic heterocycles. The van der Waals surface area contributed by atoms with Crippen molar-refractivity contribution in [2.75, 3.05) is 0 Å². The first-order valence-electron chi connectivity index (χ1n) is 8.50. The predicted molar refractivity (Wildman–Crippen MR) is 104 cm³/mol. The van der Waals surface area contributed by atoms with Gasteiger partial charge in [0.25, 0.3) is 0 Å². The van der Waals surface area contributed by atoms with Crippen molar-refractivity contribution in [1.29, 1.82) is 0 Å². The Morgan fingerprint density at radius 1 is 0.889 bits per heavy atom. The van der Waals surface area contributed by atoms with Crippen LogP contribution in [0.5, 0.6) is 5.75 Å². The first-order valence-corrected chi connectivity index (χ1v) is 8.50. The Morgan fingerprint density at radius 2 is 1.63 bits per heavy atom. The molecule has 0 aliphatic carbocycles. The van der Waals surface area contributed by atoms with Crippen molar-refractivity contribution in [2.45, 2.75) is 0 Å². The molecule has 0 fully saturated rings. The molecule has 0 atom stereocenters. The Hall–Kier alpha value is -3.86. The number of pyridine rings is 1. The maximum atomic E-state index is 12.0. The molecule has 1 N–H and O–H groups in total. The van der Waals surface area contributed by atoms with Crippen molar-refractivity contribution < 1.29 is 9.52 Å². The van der Waals surface area contributed by atoms with Crippen LogP contribution >= 0.6 is 0 Å². The monoisotopic (exact) mass is 354 g/mol. The average molecular weight is 354 g/mol. The molecule has 27 heavy (non-hydrogen) atoms. The summed E-state index contributed by atoms with van der Waals surface area (Å²) in [4.78, 5) is 16.6. The van der Waals surface area contributed by atoms with Gasteiger partial charge in [-0.3, -0.25) is 0 Å². The number of fused-ring (bicyclic) bond motifs is 2. The summed E-state index contributed by atoms with van der Waals surface area (Å²) < 4.78 is 7.13. The number of aromatic nitrogens is 2. The quantitative estimate of drug-likeness (QED) is 0.475. The zero-order valence-electron chi connectivity index (χ0n) is 14.2. The maximum Gasteiger partial charge on any atom is 0.379 e. The fourth-order valence-corrected chi connectivity index (χ4v) is 3.31. The lowest BCUT2D eigenvalue weighted by Gasteiger charge is -2.08. The van der Waals surface area contributed by atoms with Gasteiger partial charge in [0, 0.05) is 28.9 Å². The van der Waals surface area contributed by atoms with Gasteiger partial charge < -0.3 is 13.9 Å². The molecule has 3 aromatic heterocycles. The summed E-state index contributed by atoms with van der Waals surface area (Å²) in [6, 6.07) is 20.6. The van der Waals surface area contributed by atoms with Gasteiger partial charge in [-0.05, 0) is 23.8 Å². The third-order valence-electron chi connectivity index (χ3n) is 4.62. The topological polar surface area (TPSA) is 67.7 Å². The fourth-order valence-electron chi connectivity index (χ4n) is 3.31. The first kappa shape index (κ1) is 15.4. The van der Waals surface area contributed by atoms with Crippen molar-refractivity contribution in [3.63, 3.8) is 0 Å². The third kappa shape index (κ3) is 2.48. The van der Waals surface area contributed by atoms with Crippen LogP contribution in [0.3, 0.4) is 0 Å². The van der Waals surface area contributed by atoms with Crippen LogP contribution in [0.2, 0.25) is 0 Å². The first-order chi connectivity index (χ1) is 13.2. The second-order valence-corrected chi connectivity index (χ2v) is 6.28. The van der Waals surface area contributed by atoms with Gasteiger partial charge in [-0.1, -0.05) is 48.5 Å². The van der Waals surface area contributed by atoms with E-state index in [0.29, 0.717) is 16.5 Å². The Morgan fingerprint density at radius 3 is 2.44 bits per heavy atom. The molecule has 0 bridgehead atoms. The summed E-state index contributed by atoms with van der Waals surface area (Å²) in [6.07, 6.45) is 3.92. The van der Waals surface area contributed by atoms with Crippen LogP contribution in [0.1, 0.15) is 0 Å². The fraction of sp³-hybridized carbons (Fsp3) is 0. The minimum absolute atomic E-state index is 0.380. The van der Waals surface area contributed by atoms with Crippen molar-refractivity contribution >= 4 is 16.6 Å². The Balaban J connectivity index is 1.65. The molecule has 0 aliphatic rings. The van der Waals surface area contributed by atoms with E-state index in [1.54, 1.807) is 12.1 Å². The number of rotatable bonds is 2. The van der Waals surface area contributed by atoms with Crippen LogP contribution < -0.4 is 5.63 Å². The van der Waals surface area contributed by atoms with Crippen LogP contribution in [0.25, 0.3) is 39.0 Å².